The third-order valence-corrected chi connectivity index (χ3v) is 5.29. The van der Waals surface area contributed by atoms with Gasteiger partial charge in [-0.05, 0) is 55.9 Å². The van der Waals surface area contributed by atoms with Gasteiger partial charge in [0, 0.05) is 43.0 Å². The van der Waals surface area contributed by atoms with E-state index in [1.807, 2.05) is 17.0 Å². The van der Waals surface area contributed by atoms with Crippen molar-refractivity contribution in [3.63, 3.8) is 0 Å². The first-order valence-corrected chi connectivity index (χ1v) is 10.7. The van der Waals surface area contributed by atoms with Gasteiger partial charge in [0.25, 0.3) is 11.8 Å². The summed E-state index contributed by atoms with van der Waals surface area (Å²) in [6.45, 7) is 6.04. The van der Waals surface area contributed by atoms with Crippen molar-refractivity contribution >= 4 is 17.5 Å². The first-order chi connectivity index (χ1) is 14.6. The van der Waals surface area contributed by atoms with E-state index >= 15 is 0 Å². The van der Waals surface area contributed by atoms with E-state index < -0.39 is 0 Å². The first kappa shape index (κ1) is 21.8. The van der Waals surface area contributed by atoms with Gasteiger partial charge in [-0.1, -0.05) is 25.8 Å². The second kappa shape index (κ2) is 10.8. The van der Waals surface area contributed by atoms with Crippen LogP contribution in [-0.4, -0.2) is 61.4 Å². The molecule has 1 fully saturated rings. The number of unbranched alkanes of at least 4 members (excludes halogenated alkanes) is 2. The van der Waals surface area contributed by atoms with Crippen LogP contribution in [0.3, 0.4) is 0 Å². The van der Waals surface area contributed by atoms with Crippen molar-refractivity contribution in [3.8, 4) is 5.75 Å². The van der Waals surface area contributed by atoms with Crippen LogP contribution in [0.4, 0.5) is 5.69 Å². The van der Waals surface area contributed by atoms with Gasteiger partial charge in [0.2, 0.25) is 0 Å². The Morgan fingerprint density at radius 3 is 2.40 bits per heavy atom. The molecular formula is C24H31N3O3. The van der Waals surface area contributed by atoms with Crippen LogP contribution < -0.4 is 10.1 Å². The van der Waals surface area contributed by atoms with Gasteiger partial charge in [0.1, 0.15) is 5.75 Å². The zero-order valence-electron chi connectivity index (χ0n) is 17.9. The standard InChI is InChI=1S/C24H31N3O3/c1-3-4-5-17-30-22-11-9-19(10-12-22)23(28)25-21-8-6-7-20(18-21)24(29)27-15-13-26(2)14-16-27/h6-12,18H,3-5,13-17H2,1-2H3,(H,25,28). The highest BCUT2D eigenvalue weighted by atomic mass is 16.5. The molecule has 0 saturated carbocycles. The quantitative estimate of drug-likeness (QED) is 0.672. The van der Waals surface area contributed by atoms with Gasteiger partial charge in [-0.2, -0.15) is 0 Å². The maximum atomic E-state index is 12.8. The van der Waals surface area contributed by atoms with Crippen molar-refractivity contribution in [1.29, 1.82) is 0 Å². The number of likely N-dealkylation sites (N-methyl/N-ethyl adjacent to an activating group) is 1. The number of piperazine rings is 1. The van der Waals surface area contributed by atoms with Crippen molar-refractivity contribution in [2.75, 3.05) is 45.2 Å². The predicted octanol–water partition coefficient (Wildman–Crippen LogP) is 3.90. The molecule has 2 aromatic carbocycles. The number of benzene rings is 2. The topological polar surface area (TPSA) is 61.9 Å². The Kier molecular flexibility index (Phi) is 7.85. The molecule has 2 amide bonds. The van der Waals surface area contributed by atoms with Crippen LogP contribution in [0, 0.1) is 0 Å². The van der Waals surface area contributed by atoms with Gasteiger partial charge in [-0.25, -0.2) is 0 Å². The predicted molar refractivity (Wildman–Crippen MR) is 119 cm³/mol. The molecular weight excluding hydrogens is 378 g/mol. The monoisotopic (exact) mass is 409 g/mol. The van der Waals surface area contributed by atoms with E-state index in [0.29, 0.717) is 23.4 Å². The molecule has 0 spiro atoms. The van der Waals surface area contributed by atoms with Crippen LogP contribution in [0.5, 0.6) is 5.75 Å². The maximum absolute atomic E-state index is 12.8. The fourth-order valence-electron chi connectivity index (χ4n) is 3.37. The summed E-state index contributed by atoms with van der Waals surface area (Å²) in [7, 11) is 2.06. The fourth-order valence-corrected chi connectivity index (χ4v) is 3.37. The molecule has 0 unspecified atom stereocenters. The largest absolute Gasteiger partial charge is 0.494 e. The van der Waals surface area contributed by atoms with Crippen molar-refractivity contribution in [2.45, 2.75) is 26.2 Å². The Labute approximate surface area is 178 Å². The number of ether oxygens (including phenoxy) is 1. The highest BCUT2D eigenvalue weighted by Gasteiger charge is 2.20. The molecule has 30 heavy (non-hydrogen) atoms. The van der Waals surface area contributed by atoms with Gasteiger partial charge in [-0.15, -0.1) is 0 Å². The summed E-state index contributed by atoms with van der Waals surface area (Å²) < 4.78 is 5.69. The van der Waals surface area contributed by atoms with Crippen LogP contribution in [0.25, 0.3) is 0 Å². The number of hydrogen-bond acceptors (Lipinski definition) is 4. The van der Waals surface area contributed by atoms with E-state index in [9.17, 15) is 9.59 Å². The fraction of sp³-hybridized carbons (Fsp3) is 0.417. The minimum Gasteiger partial charge on any atom is -0.494 e. The van der Waals surface area contributed by atoms with Crippen molar-refractivity contribution < 1.29 is 14.3 Å². The molecule has 0 aromatic heterocycles. The number of carbonyl (C=O) groups is 2. The Morgan fingerprint density at radius 1 is 0.967 bits per heavy atom. The number of carbonyl (C=O) groups excluding carboxylic acids is 2. The lowest BCUT2D eigenvalue weighted by molar-refractivity contribution is 0.0664. The van der Waals surface area contributed by atoms with Crippen LogP contribution in [0.1, 0.15) is 46.9 Å². The van der Waals surface area contributed by atoms with E-state index in [-0.39, 0.29) is 11.8 Å². The maximum Gasteiger partial charge on any atom is 0.255 e. The van der Waals surface area contributed by atoms with Gasteiger partial charge in [0.05, 0.1) is 6.61 Å². The summed E-state index contributed by atoms with van der Waals surface area (Å²) in [6.07, 6.45) is 3.34. The Morgan fingerprint density at radius 2 is 1.70 bits per heavy atom. The zero-order valence-corrected chi connectivity index (χ0v) is 17.9. The van der Waals surface area contributed by atoms with Crippen LogP contribution in [0.2, 0.25) is 0 Å². The minimum atomic E-state index is -0.211. The third-order valence-electron chi connectivity index (χ3n) is 5.29. The Balaban J connectivity index is 1.57. The van der Waals surface area contributed by atoms with Crippen molar-refractivity contribution in [1.82, 2.24) is 9.80 Å². The van der Waals surface area contributed by atoms with E-state index in [1.54, 1.807) is 36.4 Å². The van der Waals surface area contributed by atoms with E-state index in [1.165, 1.54) is 0 Å². The molecule has 0 atom stereocenters. The number of nitrogens with zero attached hydrogens (tertiary/aromatic N) is 2. The van der Waals surface area contributed by atoms with Crippen LogP contribution >= 0.6 is 0 Å². The highest BCUT2D eigenvalue weighted by Crippen LogP contribution is 2.17. The molecule has 0 aliphatic carbocycles. The van der Waals surface area contributed by atoms with Gasteiger partial charge >= 0.3 is 0 Å². The number of anilines is 1. The molecule has 160 valence electrons. The minimum absolute atomic E-state index is 0.00349. The van der Waals surface area contributed by atoms with E-state index in [0.717, 1.165) is 51.2 Å². The summed E-state index contributed by atoms with van der Waals surface area (Å²) in [4.78, 5) is 29.4. The molecule has 1 N–H and O–H groups in total. The molecule has 1 aliphatic heterocycles. The molecule has 3 rings (SSSR count). The molecule has 1 heterocycles. The molecule has 0 radical (unpaired) electrons. The summed E-state index contributed by atoms with van der Waals surface area (Å²) in [5, 5.41) is 2.88. The van der Waals surface area contributed by atoms with Crippen LogP contribution in [0.15, 0.2) is 48.5 Å². The Bertz CT molecular complexity index is 843. The molecule has 6 heteroatoms. The second-order valence-corrected chi connectivity index (χ2v) is 7.71. The summed E-state index contributed by atoms with van der Waals surface area (Å²) in [6, 6.07) is 14.3. The third kappa shape index (κ3) is 6.07. The van der Waals surface area contributed by atoms with Gasteiger partial charge < -0.3 is 19.9 Å². The summed E-state index contributed by atoms with van der Waals surface area (Å²) in [5.74, 6) is 0.558. The number of rotatable bonds is 8. The molecule has 6 nitrogen and oxygen atoms in total. The second-order valence-electron chi connectivity index (χ2n) is 7.71. The lowest BCUT2D eigenvalue weighted by Crippen LogP contribution is -2.47. The number of nitrogens with one attached hydrogen (secondary N) is 1. The highest BCUT2D eigenvalue weighted by molar-refractivity contribution is 6.05. The van der Waals surface area contributed by atoms with Gasteiger partial charge in [0.15, 0.2) is 0 Å². The number of amides is 2. The first-order valence-electron chi connectivity index (χ1n) is 10.7. The van der Waals surface area contributed by atoms with Gasteiger partial charge in [-0.3, -0.25) is 9.59 Å². The van der Waals surface area contributed by atoms with Crippen molar-refractivity contribution in [3.05, 3.63) is 59.7 Å². The smallest absolute Gasteiger partial charge is 0.255 e. The average Bonchev–Trinajstić information content (AvgIpc) is 2.77. The molecule has 0 bridgehead atoms. The van der Waals surface area contributed by atoms with Crippen molar-refractivity contribution in [2.24, 2.45) is 0 Å². The average molecular weight is 410 g/mol. The lowest BCUT2D eigenvalue weighted by atomic mass is 10.1. The van der Waals surface area contributed by atoms with E-state index in [2.05, 4.69) is 24.2 Å². The SMILES string of the molecule is CCCCCOc1ccc(C(=O)Nc2cccc(C(=O)N3CCN(C)CC3)c2)cc1. The molecule has 2 aromatic rings. The normalized spacial score (nSPS) is 14.4. The molecule has 1 saturated heterocycles. The van der Waals surface area contributed by atoms with Crippen LogP contribution in [-0.2, 0) is 0 Å². The molecule has 1 aliphatic rings. The van der Waals surface area contributed by atoms with E-state index in [4.69, 9.17) is 4.74 Å². The Hall–Kier alpha value is -2.86. The number of hydrogen-bond donors (Lipinski definition) is 1. The zero-order chi connectivity index (χ0) is 21.3. The summed E-state index contributed by atoms with van der Waals surface area (Å²) in [5.41, 5.74) is 1.75. The lowest BCUT2D eigenvalue weighted by Gasteiger charge is -2.32. The summed E-state index contributed by atoms with van der Waals surface area (Å²) >= 11 is 0.